The fourth-order valence-electron chi connectivity index (χ4n) is 1.86. The Morgan fingerprint density at radius 1 is 1.37 bits per heavy atom. The molecule has 100 valence electrons. The summed E-state index contributed by atoms with van der Waals surface area (Å²) in [4.78, 5) is 35.2. The van der Waals surface area contributed by atoms with Crippen molar-refractivity contribution in [2.45, 2.75) is 12.5 Å². The first-order valence-corrected chi connectivity index (χ1v) is 6.10. The lowest BCUT2D eigenvalue weighted by molar-refractivity contribution is -0.138. The zero-order valence-electron chi connectivity index (χ0n) is 10.1. The van der Waals surface area contributed by atoms with Crippen molar-refractivity contribution in [1.29, 1.82) is 0 Å². The molecule has 0 bridgehead atoms. The summed E-state index contributed by atoms with van der Waals surface area (Å²) >= 11 is 5.33. The summed E-state index contributed by atoms with van der Waals surface area (Å²) in [5, 5.41) is 3.21. The lowest BCUT2D eigenvalue weighted by Gasteiger charge is -2.21. The summed E-state index contributed by atoms with van der Waals surface area (Å²) in [5.74, 6) is -1.51. The van der Waals surface area contributed by atoms with E-state index < -0.39 is 23.4 Å². The van der Waals surface area contributed by atoms with Gasteiger partial charge in [-0.3, -0.25) is 15.0 Å². The molecule has 1 atom stereocenters. The van der Waals surface area contributed by atoms with Crippen molar-refractivity contribution >= 4 is 29.4 Å². The molecule has 2 N–H and O–H groups in total. The maximum atomic E-state index is 12.3. The first-order chi connectivity index (χ1) is 8.99. The molecule has 1 heterocycles. The van der Waals surface area contributed by atoms with E-state index >= 15 is 0 Å². The Kier molecular flexibility index (Phi) is 3.44. The molecule has 0 aliphatic carbocycles. The number of hydrogen-bond donors (Lipinski definition) is 2. The molecule has 0 aromatic heterocycles. The number of imide groups is 1. The average Bonchev–Trinajstić information content (AvgIpc) is 2.64. The highest BCUT2D eigenvalue weighted by Crippen LogP contribution is 2.27. The van der Waals surface area contributed by atoms with Crippen molar-refractivity contribution < 1.29 is 14.4 Å². The predicted molar refractivity (Wildman–Crippen MR) is 68.0 cm³/mol. The van der Waals surface area contributed by atoms with Crippen LogP contribution < -0.4 is 10.7 Å². The molecule has 6 nitrogen and oxygen atoms in total. The Labute approximate surface area is 114 Å². The molecule has 1 aromatic carbocycles. The van der Waals surface area contributed by atoms with Gasteiger partial charge < -0.3 is 5.32 Å². The summed E-state index contributed by atoms with van der Waals surface area (Å²) in [6.45, 7) is 1.58. The maximum absolute atomic E-state index is 12.3. The van der Waals surface area contributed by atoms with Crippen LogP contribution in [-0.4, -0.2) is 28.7 Å². The van der Waals surface area contributed by atoms with Crippen LogP contribution in [-0.2, 0) is 15.1 Å². The van der Waals surface area contributed by atoms with Crippen LogP contribution in [0.2, 0.25) is 0 Å². The second-order valence-electron chi connectivity index (χ2n) is 4.23. The predicted octanol–water partition coefficient (Wildman–Crippen LogP) is 0.724. The molecule has 4 amide bonds. The monoisotopic (exact) mass is 281 g/mol. The minimum absolute atomic E-state index is 0.334. The summed E-state index contributed by atoms with van der Waals surface area (Å²) in [5.41, 5.74) is 1.59. The summed E-state index contributed by atoms with van der Waals surface area (Å²) in [6, 6.07) is 8.10. The highest BCUT2D eigenvalue weighted by atomic mass is 35.5. The average molecular weight is 282 g/mol. The number of carbonyl (C=O) groups is 3. The second kappa shape index (κ2) is 4.89. The fraction of sp³-hybridized carbons (Fsp3) is 0.250. The number of alkyl halides is 1. The smallest absolute Gasteiger partial charge is 0.318 e. The van der Waals surface area contributed by atoms with Crippen LogP contribution in [0, 0.1) is 0 Å². The van der Waals surface area contributed by atoms with Gasteiger partial charge in [-0.25, -0.2) is 4.79 Å². The molecule has 0 unspecified atom stereocenters. The van der Waals surface area contributed by atoms with Gasteiger partial charge in [0.15, 0.2) is 0 Å². The van der Waals surface area contributed by atoms with Gasteiger partial charge in [0.25, 0.3) is 11.8 Å². The molecule has 0 radical (unpaired) electrons. The minimum atomic E-state index is -1.20. The third-order valence-corrected chi connectivity index (χ3v) is 3.14. The van der Waals surface area contributed by atoms with Gasteiger partial charge in [0.05, 0.1) is 0 Å². The van der Waals surface area contributed by atoms with Crippen LogP contribution in [0.1, 0.15) is 12.5 Å². The molecule has 2 rings (SSSR count). The molecular weight excluding hydrogens is 270 g/mol. The van der Waals surface area contributed by atoms with E-state index in [9.17, 15) is 14.4 Å². The topological polar surface area (TPSA) is 78.5 Å². The van der Waals surface area contributed by atoms with E-state index in [-0.39, 0.29) is 5.88 Å². The van der Waals surface area contributed by atoms with E-state index in [4.69, 9.17) is 11.6 Å². The van der Waals surface area contributed by atoms with Crippen LogP contribution in [0.3, 0.4) is 0 Å². The van der Waals surface area contributed by atoms with E-state index in [1.807, 2.05) is 0 Å². The van der Waals surface area contributed by atoms with Crippen LogP contribution in [0.25, 0.3) is 0 Å². The Balaban J connectivity index is 2.29. The van der Waals surface area contributed by atoms with Crippen molar-refractivity contribution in [3.05, 3.63) is 35.9 Å². The number of hydrazine groups is 1. The number of carbonyl (C=O) groups excluding carboxylic acids is 3. The number of rotatable bonds is 3. The third-order valence-electron chi connectivity index (χ3n) is 2.90. The number of halogens is 1. The molecule has 1 aromatic rings. The van der Waals surface area contributed by atoms with E-state index in [2.05, 4.69) is 10.7 Å². The molecule has 0 spiro atoms. The van der Waals surface area contributed by atoms with Gasteiger partial charge in [0.1, 0.15) is 11.4 Å². The SMILES string of the molecule is C[C@@]1(c2ccccc2)NC(=O)N(NC(=O)CCl)C1=O. The van der Waals surface area contributed by atoms with Gasteiger partial charge in [0, 0.05) is 0 Å². The highest BCUT2D eigenvalue weighted by molar-refractivity contribution is 6.27. The second-order valence-corrected chi connectivity index (χ2v) is 4.50. The number of benzene rings is 1. The molecule has 1 fully saturated rings. The Bertz CT molecular complexity index is 534. The van der Waals surface area contributed by atoms with Crippen molar-refractivity contribution in [2.24, 2.45) is 0 Å². The van der Waals surface area contributed by atoms with Gasteiger partial charge >= 0.3 is 6.03 Å². The molecule has 19 heavy (non-hydrogen) atoms. The van der Waals surface area contributed by atoms with Gasteiger partial charge in [0.2, 0.25) is 0 Å². The Hall–Kier alpha value is -2.08. The van der Waals surface area contributed by atoms with Gasteiger partial charge in [-0.15, -0.1) is 11.6 Å². The van der Waals surface area contributed by atoms with Crippen LogP contribution in [0.5, 0.6) is 0 Å². The number of hydrogen-bond acceptors (Lipinski definition) is 3. The van der Waals surface area contributed by atoms with Crippen LogP contribution >= 0.6 is 11.6 Å². The number of nitrogens with one attached hydrogen (secondary N) is 2. The van der Waals surface area contributed by atoms with E-state index in [0.717, 1.165) is 0 Å². The van der Waals surface area contributed by atoms with Crippen molar-refractivity contribution in [2.75, 3.05) is 5.88 Å². The first-order valence-electron chi connectivity index (χ1n) is 5.56. The third kappa shape index (κ3) is 2.26. The number of nitrogens with zero attached hydrogens (tertiary/aromatic N) is 1. The Morgan fingerprint density at radius 2 is 2.00 bits per heavy atom. The minimum Gasteiger partial charge on any atom is -0.318 e. The zero-order chi connectivity index (χ0) is 14.0. The molecule has 7 heteroatoms. The fourth-order valence-corrected chi connectivity index (χ4v) is 1.92. The highest BCUT2D eigenvalue weighted by Gasteiger charge is 2.49. The van der Waals surface area contributed by atoms with E-state index in [0.29, 0.717) is 10.6 Å². The van der Waals surface area contributed by atoms with Crippen molar-refractivity contribution in [1.82, 2.24) is 15.8 Å². The quantitative estimate of drug-likeness (QED) is 0.633. The van der Waals surface area contributed by atoms with Gasteiger partial charge in [-0.05, 0) is 12.5 Å². The molecule has 1 aliphatic heterocycles. The summed E-state index contributed by atoms with van der Waals surface area (Å²) < 4.78 is 0. The lowest BCUT2D eigenvalue weighted by atomic mass is 9.92. The summed E-state index contributed by atoms with van der Waals surface area (Å²) in [7, 11) is 0. The molecular formula is C12H12ClN3O3. The first kappa shape index (κ1) is 13.4. The molecule has 1 saturated heterocycles. The lowest BCUT2D eigenvalue weighted by Crippen LogP contribution is -2.48. The molecule has 1 aliphatic rings. The largest absolute Gasteiger partial charge is 0.344 e. The number of amides is 4. The zero-order valence-corrected chi connectivity index (χ0v) is 10.9. The number of urea groups is 1. The van der Waals surface area contributed by atoms with E-state index in [1.54, 1.807) is 37.3 Å². The van der Waals surface area contributed by atoms with Crippen LogP contribution in [0.15, 0.2) is 30.3 Å². The standard InChI is InChI=1S/C12H12ClN3O3/c1-12(8-5-3-2-4-6-8)10(18)16(11(19)14-12)15-9(17)7-13/h2-6H,7H2,1H3,(H,14,19)(H,15,17)/t12-/m0/s1. The molecule has 0 saturated carbocycles. The Morgan fingerprint density at radius 3 is 2.58 bits per heavy atom. The van der Waals surface area contributed by atoms with Crippen LogP contribution in [0.4, 0.5) is 4.79 Å². The van der Waals surface area contributed by atoms with E-state index in [1.165, 1.54) is 0 Å². The van der Waals surface area contributed by atoms with Gasteiger partial charge in [-0.2, -0.15) is 5.01 Å². The van der Waals surface area contributed by atoms with Gasteiger partial charge in [-0.1, -0.05) is 30.3 Å². The van der Waals surface area contributed by atoms with Crippen molar-refractivity contribution in [3.63, 3.8) is 0 Å². The summed E-state index contributed by atoms with van der Waals surface area (Å²) in [6.07, 6.45) is 0. The maximum Gasteiger partial charge on any atom is 0.344 e. The van der Waals surface area contributed by atoms with Crippen molar-refractivity contribution in [3.8, 4) is 0 Å². The normalized spacial score (nSPS) is 22.3.